The fraction of sp³-hybridized carbons (Fsp3) is 0.485. The number of rotatable bonds is 5. The summed E-state index contributed by atoms with van der Waals surface area (Å²) in [5.41, 5.74) is 3.58. The van der Waals surface area contributed by atoms with Crippen LogP contribution in [-0.4, -0.2) is 76.0 Å². The van der Waals surface area contributed by atoms with Crippen LogP contribution in [-0.2, 0) is 13.2 Å². The summed E-state index contributed by atoms with van der Waals surface area (Å²) in [5.74, 6) is -1.04. The van der Waals surface area contributed by atoms with Gasteiger partial charge in [-0.2, -0.15) is 28.4 Å². The number of alkyl halides is 4. The summed E-state index contributed by atoms with van der Waals surface area (Å²) < 4.78 is 84.1. The van der Waals surface area contributed by atoms with Gasteiger partial charge in [0.25, 0.3) is 0 Å². The van der Waals surface area contributed by atoms with Crippen LogP contribution >= 0.6 is 0 Å². The Bertz CT molecular complexity index is 1960. The van der Waals surface area contributed by atoms with Crippen LogP contribution in [0.15, 0.2) is 24.4 Å². The Morgan fingerprint density at radius 2 is 1.94 bits per heavy atom. The van der Waals surface area contributed by atoms with Gasteiger partial charge in [-0.1, -0.05) is 0 Å². The standard InChI is InChI=1S/C33H33F5N8O/c1-44-15-22(26-21(11-39)24(40)5-6-25(26)44)27-23(33(36,37)38)9-20-29(28(27)35)42-31(43-30(20)45-13-18-3-4-19(14-45)41-18)47-16-32-7-2-8-46(32)12-17(34)10-32/h5-6,9,15,17-19,41H,2-4,7-8,10,12-14,16,40H2,1H3/t17-,18?,19?,32+/m1/s1. The first-order chi connectivity index (χ1) is 22.5. The Balaban J connectivity index is 1.34. The Hall–Kier alpha value is -4.22. The molecule has 4 atom stereocenters. The maximum absolute atomic E-state index is 17.1. The topological polar surface area (TPSA) is 108 Å². The molecule has 0 radical (unpaired) electrons. The molecule has 4 aliphatic rings. The number of nitrogen functional groups attached to an aromatic ring is 1. The summed E-state index contributed by atoms with van der Waals surface area (Å²) in [6.45, 7) is 2.09. The van der Waals surface area contributed by atoms with Gasteiger partial charge in [-0.3, -0.25) is 4.90 Å². The Kier molecular flexibility index (Phi) is 6.83. The van der Waals surface area contributed by atoms with Gasteiger partial charge in [-0.05, 0) is 50.4 Å². The van der Waals surface area contributed by atoms with Gasteiger partial charge in [-0.15, -0.1) is 0 Å². The Morgan fingerprint density at radius 3 is 2.66 bits per heavy atom. The zero-order chi connectivity index (χ0) is 32.8. The number of nitrogens with two attached hydrogens (primary N) is 1. The number of piperazine rings is 1. The molecule has 4 aromatic rings. The maximum Gasteiger partial charge on any atom is 0.417 e. The van der Waals surface area contributed by atoms with Crippen molar-refractivity contribution < 1.29 is 26.7 Å². The van der Waals surface area contributed by atoms with Crippen LogP contribution in [0.25, 0.3) is 32.9 Å². The van der Waals surface area contributed by atoms with E-state index in [0.29, 0.717) is 31.6 Å². The number of nitrogens with zero attached hydrogens (tertiary/aromatic N) is 6. The first-order valence-electron chi connectivity index (χ1n) is 15.9. The molecule has 9 nitrogen and oxygen atoms in total. The van der Waals surface area contributed by atoms with Crippen LogP contribution in [0.5, 0.6) is 6.01 Å². The minimum absolute atomic E-state index is 0.0440. The lowest BCUT2D eigenvalue weighted by atomic mass is 9.93. The predicted octanol–water partition coefficient (Wildman–Crippen LogP) is 5.30. The first kappa shape index (κ1) is 30.1. The Morgan fingerprint density at radius 1 is 1.17 bits per heavy atom. The molecule has 2 aromatic heterocycles. The highest BCUT2D eigenvalue weighted by Gasteiger charge is 2.49. The number of anilines is 2. The molecular formula is C33H33F5N8O. The van der Waals surface area contributed by atoms with Crippen molar-refractivity contribution in [3.05, 3.63) is 41.3 Å². The lowest BCUT2D eigenvalue weighted by molar-refractivity contribution is -0.137. The average Bonchev–Trinajstić information content (AvgIpc) is 3.75. The molecule has 0 saturated carbocycles. The van der Waals surface area contributed by atoms with Crippen molar-refractivity contribution in [1.29, 1.82) is 5.26 Å². The van der Waals surface area contributed by atoms with E-state index in [1.807, 2.05) is 11.0 Å². The second-order valence-corrected chi connectivity index (χ2v) is 13.4. The molecule has 0 spiro atoms. The molecule has 2 unspecified atom stereocenters. The number of nitrogens with one attached hydrogen (secondary N) is 1. The molecule has 8 rings (SSSR count). The Labute approximate surface area is 267 Å². The quantitative estimate of drug-likeness (QED) is 0.221. The minimum atomic E-state index is -4.97. The van der Waals surface area contributed by atoms with Gasteiger partial charge in [-0.25, -0.2) is 8.78 Å². The van der Waals surface area contributed by atoms with Crippen molar-refractivity contribution >= 4 is 33.3 Å². The van der Waals surface area contributed by atoms with Crippen molar-refractivity contribution in [3.63, 3.8) is 0 Å². The second kappa shape index (κ2) is 10.6. The van der Waals surface area contributed by atoms with Crippen LogP contribution in [0.2, 0.25) is 0 Å². The third-order valence-corrected chi connectivity index (χ3v) is 10.5. The molecular weight excluding hydrogens is 619 g/mol. The second-order valence-electron chi connectivity index (χ2n) is 13.4. The van der Waals surface area contributed by atoms with Crippen LogP contribution < -0.4 is 20.7 Å². The van der Waals surface area contributed by atoms with Crippen molar-refractivity contribution in [1.82, 2.24) is 24.8 Å². The number of halogens is 5. The highest BCUT2D eigenvalue weighted by Crippen LogP contribution is 2.47. The van der Waals surface area contributed by atoms with Gasteiger partial charge in [0.1, 0.15) is 30.2 Å². The van der Waals surface area contributed by atoms with Gasteiger partial charge >= 0.3 is 12.2 Å². The predicted molar refractivity (Wildman–Crippen MR) is 166 cm³/mol. The van der Waals surface area contributed by atoms with E-state index >= 15 is 4.39 Å². The molecule has 0 amide bonds. The molecule has 4 saturated heterocycles. The first-order valence-corrected chi connectivity index (χ1v) is 15.9. The number of fused-ring (bicyclic) bond motifs is 5. The summed E-state index contributed by atoms with van der Waals surface area (Å²) in [6.07, 6.45) is -0.840. The van der Waals surface area contributed by atoms with E-state index in [2.05, 4.69) is 20.2 Å². The van der Waals surface area contributed by atoms with E-state index in [9.17, 15) is 22.8 Å². The molecule has 4 fully saturated rings. The summed E-state index contributed by atoms with van der Waals surface area (Å²) >= 11 is 0. The van der Waals surface area contributed by atoms with Gasteiger partial charge in [0.05, 0.1) is 22.4 Å². The largest absolute Gasteiger partial charge is 0.461 e. The van der Waals surface area contributed by atoms with E-state index < -0.39 is 34.8 Å². The summed E-state index contributed by atoms with van der Waals surface area (Å²) in [6, 6.07) is 6.04. The molecule has 2 bridgehead atoms. The summed E-state index contributed by atoms with van der Waals surface area (Å²) in [7, 11) is 1.61. The summed E-state index contributed by atoms with van der Waals surface area (Å²) in [4.78, 5) is 13.0. The van der Waals surface area contributed by atoms with Gasteiger partial charge < -0.3 is 25.3 Å². The number of benzene rings is 2. The number of nitriles is 1. The fourth-order valence-electron chi connectivity index (χ4n) is 8.41. The van der Waals surface area contributed by atoms with Crippen LogP contribution in [0.4, 0.5) is 33.5 Å². The molecule has 4 aliphatic heterocycles. The van der Waals surface area contributed by atoms with Crippen molar-refractivity contribution in [2.75, 3.05) is 43.4 Å². The third-order valence-electron chi connectivity index (χ3n) is 10.5. The molecule has 47 heavy (non-hydrogen) atoms. The van der Waals surface area contributed by atoms with Gasteiger partial charge in [0.2, 0.25) is 0 Å². The monoisotopic (exact) mass is 652 g/mol. The smallest absolute Gasteiger partial charge is 0.417 e. The van der Waals surface area contributed by atoms with Crippen LogP contribution in [0.1, 0.15) is 43.2 Å². The highest BCUT2D eigenvalue weighted by atomic mass is 19.4. The van der Waals surface area contributed by atoms with Crippen LogP contribution in [0.3, 0.4) is 0 Å². The minimum Gasteiger partial charge on any atom is -0.461 e. The molecule has 0 aliphatic carbocycles. The molecule has 6 heterocycles. The van der Waals surface area contributed by atoms with Gasteiger partial charge in [0.15, 0.2) is 5.82 Å². The van der Waals surface area contributed by atoms with E-state index in [0.717, 1.165) is 38.3 Å². The molecule has 246 valence electrons. The average molecular weight is 653 g/mol. The molecule has 2 aromatic carbocycles. The SMILES string of the molecule is Cn1cc(-c2c(C(F)(F)F)cc3c(N4CC5CCC(C4)N5)nc(OC[C@@]45CCCN4C[C@H](F)C5)nc3c2F)c2c(C#N)c(N)ccc21. The summed E-state index contributed by atoms with van der Waals surface area (Å²) in [5, 5.41) is 13.5. The van der Waals surface area contributed by atoms with Crippen molar-refractivity contribution in [2.45, 2.75) is 62.1 Å². The lowest BCUT2D eigenvalue weighted by Gasteiger charge is -2.35. The number of hydrogen-bond acceptors (Lipinski definition) is 8. The van der Waals surface area contributed by atoms with Gasteiger partial charge in [0, 0.05) is 78.8 Å². The van der Waals surface area contributed by atoms with Crippen molar-refractivity contribution in [2.24, 2.45) is 7.05 Å². The normalized spacial score (nSPS) is 26.0. The number of aryl methyl sites for hydroxylation is 1. The number of aromatic nitrogens is 3. The van der Waals surface area contributed by atoms with E-state index in [1.54, 1.807) is 13.1 Å². The zero-order valence-electron chi connectivity index (χ0n) is 25.7. The fourth-order valence-corrected chi connectivity index (χ4v) is 8.41. The number of hydrogen-bond donors (Lipinski definition) is 2. The lowest BCUT2D eigenvalue weighted by Crippen LogP contribution is -2.51. The van der Waals surface area contributed by atoms with E-state index in [4.69, 9.17) is 10.5 Å². The molecule has 3 N–H and O–H groups in total. The third kappa shape index (κ3) is 4.77. The zero-order valence-corrected chi connectivity index (χ0v) is 25.7. The van der Waals surface area contributed by atoms with E-state index in [-0.39, 0.29) is 63.6 Å². The molecule has 14 heteroatoms. The maximum atomic E-state index is 17.1. The van der Waals surface area contributed by atoms with Crippen LogP contribution in [0, 0.1) is 17.1 Å². The van der Waals surface area contributed by atoms with E-state index in [1.165, 1.54) is 16.8 Å². The van der Waals surface area contributed by atoms with Crippen molar-refractivity contribution in [3.8, 4) is 23.2 Å². The number of ether oxygens (including phenoxy) is 1. The highest BCUT2D eigenvalue weighted by molar-refractivity contribution is 6.05.